The smallest absolute Gasteiger partial charge is 0.344 e. The highest BCUT2D eigenvalue weighted by Gasteiger charge is 2.34. The van der Waals surface area contributed by atoms with Crippen LogP contribution in [0.15, 0.2) is 53.4 Å². The molecular formula is C27H33NO6S. The maximum Gasteiger partial charge on any atom is 0.344 e. The molecule has 0 saturated heterocycles. The van der Waals surface area contributed by atoms with Crippen LogP contribution in [0.4, 0.5) is 5.69 Å². The molecule has 0 aromatic heterocycles. The van der Waals surface area contributed by atoms with Crippen LogP contribution in [0.3, 0.4) is 0 Å². The summed E-state index contributed by atoms with van der Waals surface area (Å²) in [4.78, 5) is 25.1. The number of anilines is 1. The Balaban J connectivity index is 1.40. The summed E-state index contributed by atoms with van der Waals surface area (Å²) < 4.78 is 38.8. The van der Waals surface area contributed by atoms with Crippen molar-refractivity contribution in [1.29, 1.82) is 0 Å². The van der Waals surface area contributed by atoms with E-state index in [2.05, 4.69) is 20.8 Å². The molecule has 1 saturated carbocycles. The van der Waals surface area contributed by atoms with Gasteiger partial charge in [-0.1, -0.05) is 51.5 Å². The molecule has 1 fully saturated rings. The number of carbonyl (C=O) groups excluding carboxylic acids is 2. The third-order valence-electron chi connectivity index (χ3n) is 7.07. The van der Waals surface area contributed by atoms with E-state index in [1.165, 1.54) is 28.6 Å². The zero-order chi connectivity index (χ0) is 25.2. The average Bonchev–Trinajstić information content (AvgIpc) is 3.27. The first kappa shape index (κ1) is 25.2. The SMILES string of the molecule is CC1CCC(C(C)C)C(OC(=O)COC(=O)c2cccc(S(=O)(=O)N3CCc4ccccc43)c2)C1. The standard InChI is InChI=1S/C27H33NO6S/c1-18(2)23-12-11-19(3)15-25(23)34-26(29)17-33-27(30)21-8-6-9-22(16-21)35(31,32)28-14-13-20-7-4-5-10-24(20)28/h4-10,16,18-19,23,25H,11-15,17H2,1-3H3. The monoisotopic (exact) mass is 499 g/mol. The van der Waals surface area contributed by atoms with Gasteiger partial charge in [0, 0.05) is 6.54 Å². The lowest BCUT2D eigenvalue weighted by Gasteiger charge is -2.36. The van der Waals surface area contributed by atoms with Gasteiger partial charge in [0.25, 0.3) is 10.0 Å². The van der Waals surface area contributed by atoms with E-state index < -0.39 is 28.6 Å². The molecule has 0 bridgehead atoms. The summed E-state index contributed by atoms with van der Waals surface area (Å²) in [5, 5.41) is 0. The molecule has 4 rings (SSSR count). The number of para-hydroxylation sites is 1. The molecule has 0 amide bonds. The van der Waals surface area contributed by atoms with E-state index in [-0.39, 0.29) is 16.6 Å². The molecule has 3 atom stereocenters. The van der Waals surface area contributed by atoms with Crippen molar-refractivity contribution in [1.82, 2.24) is 0 Å². The van der Waals surface area contributed by atoms with Gasteiger partial charge >= 0.3 is 11.9 Å². The molecular weight excluding hydrogens is 466 g/mol. The molecule has 8 heteroatoms. The second kappa shape index (κ2) is 10.4. The van der Waals surface area contributed by atoms with E-state index in [0.717, 1.165) is 24.8 Å². The average molecular weight is 500 g/mol. The van der Waals surface area contributed by atoms with Gasteiger partial charge in [0.05, 0.1) is 16.1 Å². The Morgan fingerprint density at radius 2 is 1.86 bits per heavy atom. The van der Waals surface area contributed by atoms with Crippen LogP contribution in [0, 0.1) is 17.8 Å². The first-order valence-electron chi connectivity index (χ1n) is 12.2. The largest absolute Gasteiger partial charge is 0.460 e. The van der Waals surface area contributed by atoms with Gasteiger partial charge in [0.15, 0.2) is 6.61 Å². The molecule has 2 aromatic carbocycles. The molecule has 1 aliphatic heterocycles. The number of rotatable bonds is 7. The fraction of sp³-hybridized carbons (Fsp3) is 0.481. The van der Waals surface area contributed by atoms with E-state index in [1.807, 2.05) is 12.1 Å². The maximum absolute atomic E-state index is 13.3. The lowest BCUT2D eigenvalue weighted by molar-refractivity contribution is -0.159. The minimum Gasteiger partial charge on any atom is -0.460 e. The fourth-order valence-corrected chi connectivity index (χ4v) is 6.68. The zero-order valence-corrected chi connectivity index (χ0v) is 21.3. The van der Waals surface area contributed by atoms with Crippen LogP contribution in [0.1, 0.15) is 56.0 Å². The molecule has 7 nitrogen and oxygen atoms in total. The van der Waals surface area contributed by atoms with Crippen molar-refractivity contribution in [3.63, 3.8) is 0 Å². The number of ether oxygens (including phenoxy) is 2. The van der Waals surface area contributed by atoms with Gasteiger partial charge in [-0.3, -0.25) is 4.31 Å². The van der Waals surface area contributed by atoms with Crippen LogP contribution in [0.2, 0.25) is 0 Å². The summed E-state index contributed by atoms with van der Waals surface area (Å²) >= 11 is 0. The molecule has 1 heterocycles. The highest BCUT2D eigenvalue weighted by atomic mass is 32.2. The number of sulfonamides is 1. The van der Waals surface area contributed by atoms with Crippen LogP contribution in [-0.4, -0.2) is 39.6 Å². The Bertz CT molecular complexity index is 1190. The number of hydrogen-bond acceptors (Lipinski definition) is 6. The first-order valence-corrected chi connectivity index (χ1v) is 13.7. The molecule has 3 unspecified atom stereocenters. The zero-order valence-electron chi connectivity index (χ0n) is 20.5. The Labute approximate surface area is 207 Å². The van der Waals surface area contributed by atoms with Crippen LogP contribution in [-0.2, 0) is 30.7 Å². The Hall–Kier alpha value is -2.87. The molecule has 2 aliphatic rings. The normalized spacial score (nSPS) is 22.1. The summed E-state index contributed by atoms with van der Waals surface area (Å²) in [6, 6.07) is 13.1. The van der Waals surface area contributed by atoms with Crippen molar-refractivity contribution < 1.29 is 27.5 Å². The molecule has 0 radical (unpaired) electrons. The lowest BCUT2D eigenvalue weighted by Crippen LogP contribution is -2.36. The predicted octanol–water partition coefficient (Wildman–Crippen LogP) is 4.60. The highest BCUT2D eigenvalue weighted by Crippen LogP contribution is 2.35. The van der Waals surface area contributed by atoms with Crippen LogP contribution in [0.5, 0.6) is 0 Å². The molecule has 2 aromatic rings. The van der Waals surface area contributed by atoms with E-state index in [4.69, 9.17) is 9.47 Å². The molecule has 0 N–H and O–H groups in total. The number of nitrogens with zero attached hydrogens (tertiary/aromatic N) is 1. The molecule has 35 heavy (non-hydrogen) atoms. The lowest BCUT2D eigenvalue weighted by atomic mass is 9.75. The van der Waals surface area contributed by atoms with Gasteiger partial charge < -0.3 is 9.47 Å². The third-order valence-corrected chi connectivity index (χ3v) is 8.88. The van der Waals surface area contributed by atoms with E-state index in [1.54, 1.807) is 12.1 Å². The van der Waals surface area contributed by atoms with Crippen molar-refractivity contribution in [3.05, 3.63) is 59.7 Å². The topological polar surface area (TPSA) is 90.0 Å². The summed E-state index contributed by atoms with van der Waals surface area (Å²) in [5.74, 6) is -0.171. The van der Waals surface area contributed by atoms with Crippen LogP contribution >= 0.6 is 0 Å². The van der Waals surface area contributed by atoms with Crippen LogP contribution in [0.25, 0.3) is 0 Å². The van der Waals surface area contributed by atoms with Gasteiger partial charge in [0.1, 0.15) is 6.10 Å². The second-order valence-corrected chi connectivity index (χ2v) is 11.8. The minimum absolute atomic E-state index is 0.00204. The number of fused-ring (bicyclic) bond motifs is 1. The minimum atomic E-state index is -3.84. The van der Waals surface area contributed by atoms with E-state index in [0.29, 0.717) is 36.4 Å². The summed E-state index contributed by atoms with van der Waals surface area (Å²) in [5.41, 5.74) is 1.69. The highest BCUT2D eigenvalue weighted by molar-refractivity contribution is 7.92. The first-order chi connectivity index (χ1) is 16.7. The van der Waals surface area contributed by atoms with Gasteiger partial charge in [-0.15, -0.1) is 0 Å². The fourth-order valence-electron chi connectivity index (χ4n) is 5.13. The van der Waals surface area contributed by atoms with Gasteiger partial charge in [-0.25, -0.2) is 18.0 Å². The summed E-state index contributed by atoms with van der Waals surface area (Å²) in [7, 11) is -3.84. The van der Waals surface area contributed by atoms with Gasteiger partial charge in [-0.05, 0) is 66.8 Å². The maximum atomic E-state index is 13.3. The Kier molecular flexibility index (Phi) is 7.50. The van der Waals surface area contributed by atoms with Gasteiger partial charge in [-0.2, -0.15) is 0 Å². The Morgan fingerprint density at radius 3 is 2.63 bits per heavy atom. The quantitative estimate of drug-likeness (QED) is 0.517. The molecule has 1 aliphatic carbocycles. The molecule has 188 valence electrons. The predicted molar refractivity (Wildman–Crippen MR) is 133 cm³/mol. The Morgan fingerprint density at radius 1 is 1.09 bits per heavy atom. The van der Waals surface area contributed by atoms with E-state index >= 15 is 0 Å². The van der Waals surface area contributed by atoms with Crippen molar-refractivity contribution in [2.24, 2.45) is 17.8 Å². The van der Waals surface area contributed by atoms with Gasteiger partial charge in [0.2, 0.25) is 0 Å². The van der Waals surface area contributed by atoms with Crippen LogP contribution < -0.4 is 4.31 Å². The number of carbonyl (C=O) groups is 2. The third kappa shape index (κ3) is 5.53. The van der Waals surface area contributed by atoms with Crippen molar-refractivity contribution in [3.8, 4) is 0 Å². The number of benzene rings is 2. The summed E-state index contributed by atoms with van der Waals surface area (Å²) in [6.07, 6.45) is 3.40. The van der Waals surface area contributed by atoms with Crippen molar-refractivity contribution in [2.45, 2.75) is 57.5 Å². The second-order valence-electron chi connectivity index (χ2n) is 9.91. The van der Waals surface area contributed by atoms with Crippen molar-refractivity contribution >= 4 is 27.6 Å². The molecule has 0 spiro atoms. The number of hydrogen-bond donors (Lipinski definition) is 0. The summed E-state index contributed by atoms with van der Waals surface area (Å²) in [6.45, 7) is 6.25. The van der Waals surface area contributed by atoms with Crippen molar-refractivity contribution in [2.75, 3.05) is 17.5 Å². The number of esters is 2. The van der Waals surface area contributed by atoms with E-state index in [9.17, 15) is 18.0 Å².